The first-order valence-corrected chi connectivity index (χ1v) is 5.30. The minimum Gasteiger partial charge on any atom is -0.550 e. The summed E-state index contributed by atoms with van der Waals surface area (Å²) < 4.78 is 4.21. The van der Waals surface area contributed by atoms with Crippen LogP contribution in [0.2, 0.25) is 0 Å². The van der Waals surface area contributed by atoms with E-state index in [1.165, 1.54) is 5.56 Å². The van der Waals surface area contributed by atoms with Gasteiger partial charge in [0.1, 0.15) is 18.9 Å². The molecule has 0 fully saturated rings. The molecule has 2 rings (SSSR count). The number of rotatable bonds is 2. The molecule has 0 bridgehead atoms. The quantitative estimate of drug-likeness (QED) is 0.690. The summed E-state index contributed by atoms with van der Waals surface area (Å²) in [5.41, 5.74) is 1.33. The zero-order valence-electron chi connectivity index (χ0n) is 10.0. The molecule has 0 unspecified atom stereocenters. The molecule has 0 amide bonds. The lowest BCUT2D eigenvalue weighted by Gasteiger charge is -1.95. The number of carbonyl (C=O) groups excluding carboxylic acids is 1. The van der Waals surface area contributed by atoms with Gasteiger partial charge in [0.05, 0.1) is 7.05 Å². The largest absolute Gasteiger partial charge is 0.550 e. The van der Waals surface area contributed by atoms with Gasteiger partial charge in [-0.1, -0.05) is 30.3 Å². The summed E-state index contributed by atoms with van der Waals surface area (Å²) in [5, 5.41) is 8.89. The summed E-state index contributed by atoms with van der Waals surface area (Å²) in [7, 11) is 2.03. The lowest BCUT2D eigenvalue weighted by atomic mass is 10.2. The fourth-order valence-electron chi connectivity index (χ4n) is 1.39. The molecule has 4 nitrogen and oxygen atoms in total. The lowest BCUT2D eigenvalue weighted by molar-refractivity contribution is -0.687. The predicted octanol–water partition coefficient (Wildman–Crippen LogP) is 0.117. The summed E-state index contributed by atoms with van der Waals surface area (Å²) in [4.78, 5) is 8.89. The summed E-state index contributed by atoms with van der Waals surface area (Å²) in [6, 6.07) is 10.5. The van der Waals surface area contributed by atoms with Gasteiger partial charge in [0.15, 0.2) is 0 Å². The lowest BCUT2D eigenvalue weighted by Crippen LogP contribution is -2.31. The Morgan fingerprint density at radius 3 is 2.41 bits per heavy atom. The van der Waals surface area contributed by atoms with Crippen molar-refractivity contribution < 1.29 is 14.5 Å². The van der Waals surface area contributed by atoms with Crippen LogP contribution in [-0.4, -0.2) is 10.5 Å². The normalized spacial score (nSPS) is 9.29. The molecule has 0 atom stereocenters. The first-order chi connectivity index (χ1) is 8.08. The Bertz CT molecular complexity index is 459. The summed E-state index contributed by atoms with van der Waals surface area (Å²) in [5.74, 6) is -1.08. The summed E-state index contributed by atoms with van der Waals surface area (Å²) >= 11 is 0. The summed E-state index contributed by atoms with van der Waals surface area (Å²) in [6.07, 6.45) is 6.20. The monoisotopic (exact) mass is 232 g/mol. The van der Waals surface area contributed by atoms with Gasteiger partial charge in [0.25, 0.3) is 0 Å². The van der Waals surface area contributed by atoms with Crippen molar-refractivity contribution in [3.8, 4) is 0 Å². The summed E-state index contributed by atoms with van der Waals surface area (Å²) in [6.45, 7) is 1.92. The first-order valence-electron chi connectivity index (χ1n) is 5.30. The Morgan fingerprint density at radius 2 is 1.94 bits per heavy atom. The number of nitrogens with zero attached hydrogens (tertiary/aromatic N) is 2. The maximum atomic E-state index is 8.89. The van der Waals surface area contributed by atoms with E-state index in [0.29, 0.717) is 0 Å². The third-order valence-corrected chi connectivity index (χ3v) is 2.03. The molecule has 0 aliphatic heterocycles. The Hall–Kier alpha value is -2.10. The molecule has 0 radical (unpaired) electrons. The maximum Gasteiger partial charge on any atom is 0.243 e. The number of carboxylic acids is 1. The highest BCUT2D eigenvalue weighted by atomic mass is 16.4. The van der Waals surface area contributed by atoms with Gasteiger partial charge in [0, 0.05) is 5.97 Å². The van der Waals surface area contributed by atoms with E-state index < -0.39 is 5.97 Å². The van der Waals surface area contributed by atoms with Crippen molar-refractivity contribution >= 4 is 5.97 Å². The van der Waals surface area contributed by atoms with E-state index in [-0.39, 0.29) is 0 Å². The average Bonchev–Trinajstić information content (AvgIpc) is 2.65. The van der Waals surface area contributed by atoms with Crippen LogP contribution in [0, 0.1) is 0 Å². The second-order valence-electron chi connectivity index (χ2n) is 3.73. The fraction of sp³-hybridized carbons (Fsp3) is 0.231. The van der Waals surface area contributed by atoms with Crippen LogP contribution in [0.3, 0.4) is 0 Å². The molecule has 90 valence electrons. The van der Waals surface area contributed by atoms with E-state index in [2.05, 4.69) is 41.4 Å². The number of aryl methyl sites for hydroxylation is 1. The van der Waals surface area contributed by atoms with E-state index in [0.717, 1.165) is 13.5 Å². The maximum absolute atomic E-state index is 8.89. The standard InChI is InChI=1S/C11H13N2.C2H4O2/c1-12-7-8-13(10-12)9-11-5-3-2-4-6-11;1-2(3)4/h2-8,10H,9H2,1H3;1H3,(H,3,4)/q+1;/p-1. The van der Waals surface area contributed by atoms with Crippen molar-refractivity contribution in [2.45, 2.75) is 13.5 Å². The molecule has 1 aromatic carbocycles. The molecule has 2 aromatic rings. The highest BCUT2D eigenvalue weighted by Crippen LogP contribution is 1.96. The second-order valence-corrected chi connectivity index (χ2v) is 3.73. The van der Waals surface area contributed by atoms with Gasteiger partial charge in [-0.3, -0.25) is 0 Å². The first kappa shape index (κ1) is 13.0. The number of hydrogen-bond donors (Lipinski definition) is 0. The highest BCUT2D eigenvalue weighted by molar-refractivity contribution is 5.60. The number of benzene rings is 1. The van der Waals surface area contributed by atoms with Crippen molar-refractivity contribution in [1.82, 2.24) is 4.57 Å². The molecular formula is C13H16N2O2. The van der Waals surface area contributed by atoms with Crippen LogP contribution < -0.4 is 9.67 Å². The number of carboxylic acid groups (broad SMARTS) is 1. The van der Waals surface area contributed by atoms with E-state index in [1.807, 2.05) is 23.9 Å². The number of hydrogen-bond acceptors (Lipinski definition) is 2. The molecular weight excluding hydrogens is 216 g/mol. The van der Waals surface area contributed by atoms with E-state index in [9.17, 15) is 0 Å². The van der Waals surface area contributed by atoms with Crippen LogP contribution >= 0.6 is 0 Å². The number of carbonyl (C=O) groups is 1. The number of aromatic nitrogens is 2. The minimum atomic E-state index is -1.08. The second kappa shape index (κ2) is 6.48. The van der Waals surface area contributed by atoms with E-state index >= 15 is 0 Å². The molecule has 0 N–H and O–H groups in total. The van der Waals surface area contributed by atoms with Gasteiger partial charge in [-0.15, -0.1) is 0 Å². The third kappa shape index (κ3) is 5.51. The van der Waals surface area contributed by atoms with Gasteiger partial charge in [-0.05, 0) is 12.5 Å². The van der Waals surface area contributed by atoms with Crippen LogP contribution in [0.1, 0.15) is 12.5 Å². The van der Waals surface area contributed by atoms with E-state index in [1.54, 1.807) is 0 Å². The van der Waals surface area contributed by atoms with Crippen LogP contribution in [0.5, 0.6) is 0 Å². The molecule has 1 aromatic heterocycles. The molecule has 0 spiro atoms. The van der Waals surface area contributed by atoms with Crippen LogP contribution in [0.25, 0.3) is 0 Å². The molecule has 4 heteroatoms. The zero-order valence-corrected chi connectivity index (χ0v) is 10.0. The van der Waals surface area contributed by atoms with Crippen molar-refractivity contribution in [2.75, 3.05) is 0 Å². The van der Waals surface area contributed by atoms with Crippen molar-refractivity contribution in [1.29, 1.82) is 0 Å². The SMILES string of the molecule is CC(=O)[O-].Cn1cc[n+](Cc2ccccc2)c1. The number of imidazole rings is 1. The predicted molar refractivity (Wildman–Crippen MR) is 61.8 cm³/mol. The van der Waals surface area contributed by atoms with Crippen LogP contribution in [0.15, 0.2) is 49.1 Å². The zero-order chi connectivity index (χ0) is 12.7. The minimum absolute atomic E-state index is 0.946. The van der Waals surface area contributed by atoms with Gasteiger partial charge >= 0.3 is 0 Å². The van der Waals surface area contributed by atoms with Crippen molar-refractivity contribution in [2.24, 2.45) is 7.05 Å². The smallest absolute Gasteiger partial charge is 0.243 e. The molecule has 0 aliphatic rings. The van der Waals surface area contributed by atoms with E-state index in [4.69, 9.17) is 9.90 Å². The Balaban J connectivity index is 0.000000317. The topological polar surface area (TPSA) is 48.9 Å². The Labute approximate surface area is 101 Å². The molecule has 0 saturated heterocycles. The molecule has 1 heterocycles. The van der Waals surface area contributed by atoms with Crippen LogP contribution in [0.4, 0.5) is 0 Å². The molecule has 0 saturated carbocycles. The van der Waals surface area contributed by atoms with Gasteiger partial charge < -0.3 is 9.90 Å². The fourth-order valence-corrected chi connectivity index (χ4v) is 1.39. The number of aliphatic carboxylic acids is 1. The van der Waals surface area contributed by atoms with Crippen LogP contribution in [-0.2, 0) is 18.4 Å². The van der Waals surface area contributed by atoms with Gasteiger partial charge in [-0.2, -0.15) is 0 Å². The van der Waals surface area contributed by atoms with Crippen molar-refractivity contribution in [3.05, 3.63) is 54.6 Å². The Kier molecular flexibility index (Phi) is 4.94. The molecule has 17 heavy (non-hydrogen) atoms. The average molecular weight is 232 g/mol. The van der Waals surface area contributed by atoms with Gasteiger partial charge in [0.2, 0.25) is 6.33 Å². The third-order valence-electron chi connectivity index (χ3n) is 2.03. The van der Waals surface area contributed by atoms with Crippen molar-refractivity contribution in [3.63, 3.8) is 0 Å². The highest BCUT2D eigenvalue weighted by Gasteiger charge is 1.99. The molecule has 0 aliphatic carbocycles. The van der Waals surface area contributed by atoms with Gasteiger partial charge in [-0.25, -0.2) is 9.13 Å². The Morgan fingerprint density at radius 1 is 1.35 bits per heavy atom.